The van der Waals surface area contributed by atoms with E-state index >= 15 is 0 Å². The minimum Gasteiger partial charge on any atom is -0.497 e. The number of nitrogens with one attached hydrogen (secondary N) is 1. The van der Waals surface area contributed by atoms with Crippen molar-refractivity contribution < 1.29 is 13.9 Å². The molecule has 1 saturated heterocycles. The number of nitrogens with zero attached hydrogens (tertiary/aromatic N) is 2. The van der Waals surface area contributed by atoms with E-state index in [1.807, 2.05) is 31.2 Å². The number of carbonyl (C=O) groups is 1. The maximum absolute atomic E-state index is 12.7. The molecule has 1 aromatic heterocycles. The number of furan rings is 1. The van der Waals surface area contributed by atoms with Gasteiger partial charge < -0.3 is 24.3 Å². The van der Waals surface area contributed by atoms with Gasteiger partial charge in [-0.25, -0.2) is 0 Å². The number of methoxy groups -OCH3 is 1. The maximum Gasteiger partial charge on any atom is 0.228 e. The summed E-state index contributed by atoms with van der Waals surface area (Å²) < 4.78 is 10.8. The van der Waals surface area contributed by atoms with Crippen LogP contribution in [0.2, 0.25) is 0 Å². The number of ether oxygens (including phenoxy) is 1. The lowest BCUT2D eigenvalue weighted by Crippen LogP contribution is -2.46. The molecule has 6 heteroatoms. The molecule has 3 aromatic rings. The van der Waals surface area contributed by atoms with E-state index in [9.17, 15) is 4.79 Å². The van der Waals surface area contributed by atoms with Crippen LogP contribution in [-0.2, 0) is 11.2 Å². The largest absolute Gasteiger partial charge is 0.497 e. The highest BCUT2D eigenvalue weighted by atomic mass is 16.5. The molecule has 0 saturated carbocycles. The molecule has 1 N–H and O–H groups in total. The van der Waals surface area contributed by atoms with Crippen molar-refractivity contribution in [3.8, 4) is 5.75 Å². The summed E-state index contributed by atoms with van der Waals surface area (Å²) >= 11 is 0. The summed E-state index contributed by atoms with van der Waals surface area (Å²) in [7, 11) is 1.62. The predicted molar refractivity (Wildman–Crippen MR) is 121 cm³/mol. The Morgan fingerprint density at radius 2 is 1.93 bits per heavy atom. The SMILES string of the molecule is CCN1CCN(c2ccc(NC(=O)Cc3coc4cc(OC)ccc34)c(C)c2)CC1. The maximum atomic E-state index is 12.7. The zero-order chi connectivity index (χ0) is 21.1. The first-order chi connectivity index (χ1) is 14.6. The second-order valence-corrected chi connectivity index (χ2v) is 7.77. The summed E-state index contributed by atoms with van der Waals surface area (Å²) in [5.74, 6) is 0.681. The fraction of sp³-hybridized carbons (Fsp3) is 0.375. The van der Waals surface area contributed by atoms with E-state index in [0.717, 1.165) is 66.3 Å². The van der Waals surface area contributed by atoms with Crippen LogP contribution in [0, 0.1) is 6.92 Å². The number of hydrogen-bond acceptors (Lipinski definition) is 5. The van der Waals surface area contributed by atoms with Crippen LogP contribution in [0.3, 0.4) is 0 Å². The third-order valence-corrected chi connectivity index (χ3v) is 5.88. The minimum absolute atomic E-state index is 0.0547. The number of piperazine rings is 1. The van der Waals surface area contributed by atoms with Crippen LogP contribution in [0.15, 0.2) is 47.1 Å². The van der Waals surface area contributed by atoms with E-state index < -0.39 is 0 Å². The molecule has 2 heterocycles. The molecule has 4 rings (SSSR count). The van der Waals surface area contributed by atoms with Gasteiger partial charge in [-0.1, -0.05) is 6.92 Å². The summed E-state index contributed by atoms with van der Waals surface area (Å²) in [6.07, 6.45) is 1.91. The predicted octanol–water partition coefficient (Wildman–Crippen LogP) is 4.07. The van der Waals surface area contributed by atoms with Gasteiger partial charge in [0.25, 0.3) is 0 Å². The van der Waals surface area contributed by atoms with Crippen LogP contribution in [-0.4, -0.2) is 50.6 Å². The molecule has 0 radical (unpaired) electrons. The Hall–Kier alpha value is -2.99. The molecule has 30 heavy (non-hydrogen) atoms. The molecule has 1 fully saturated rings. The Morgan fingerprint density at radius 3 is 2.63 bits per heavy atom. The molecule has 2 aromatic carbocycles. The number of fused-ring (bicyclic) bond motifs is 1. The lowest BCUT2D eigenvalue weighted by molar-refractivity contribution is -0.115. The van der Waals surface area contributed by atoms with E-state index in [1.165, 1.54) is 5.69 Å². The zero-order valence-corrected chi connectivity index (χ0v) is 17.9. The van der Waals surface area contributed by atoms with Crippen LogP contribution in [0.1, 0.15) is 18.1 Å². The van der Waals surface area contributed by atoms with Crippen molar-refractivity contribution >= 4 is 28.3 Å². The Labute approximate surface area is 177 Å². The van der Waals surface area contributed by atoms with E-state index in [1.54, 1.807) is 13.4 Å². The van der Waals surface area contributed by atoms with Crippen molar-refractivity contribution in [1.82, 2.24) is 4.90 Å². The Bertz CT molecular complexity index is 1040. The van der Waals surface area contributed by atoms with Crippen LogP contribution in [0.5, 0.6) is 5.75 Å². The number of anilines is 2. The van der Waals surface area contributed by atoms with Crippen molar-refractivity contribution in [2.45, 2.75) is 20.3 Å². The van der Waals surface area contributed by atoms with Gasteiger partial charge in [0.2, 0.25) is 5.91 Å². The van der Waals surface area contributed by atoms with Crippen molar-refractivity contribution in [2.24, 2.45) is 0 Å². The van der Waals surface area contributed by atoms with Gasteiger partial charge in [-0.05, 0) is 49.4 Å². The third kappa shape index (κ3) is 4.28. The minimum atomic E-state index is -0.0547. The number of rotatable bonds is 6. The van der Waals surface area contributed by atoms with E-state index in [4.69, 9.17) is 9.15 Å². The van der Waals surface area contributed by atoms with Crippen LogP contribution in [0.25, 0.3) is 11.0 Å². The van der Waals surface area contributed by atoms with Gasteiger partial charge in [0.15, 0.2) is 0 Å². The highest BCUT2D eigenvalue weighted by Crippen LogP contribution is 2.27. The number of likely N-dealkylation sites (N-methyl/N-ethyl adjacent to an activating group) is 1. The van der Waals surface area contributed by atoms with E-state index in [2.05, 4.69) is 34.2 Å². The topological polar surface area (TPSA) is 58.0 Å². The molecule has 1 aliphatic rings. The Kier molecular flexibility index (Phi) is 5.95. The molecule has 1 aliphatic heterocycles. The first-order valence-corrected chi connectivity index (χ1v) is 10.5. The van der Waals surface area contributed by atoms with Gasteiger partial charge in [-0.3, -0.25) is 4.79 Å². The quantitative estimate of drug-likeness (QED) is 0.667. The highest BCUT2D eigenvalue weighted by molar-refractivity contribution is 5.96. The normalized spacial score (nSPS) is 14.8. The second kappa shape index (κ2) is 8.79. The van der Waals surface area contributed by atoms with Gasteiger partial charge >= 0.3 is 0 Å². The molecule has 0 aliphatic carbocycles. The second-order valence-electron chi connectivity index (χ2n) is 7.77. The van der Waals surface area contributed by atoms with Crippen molar-refractivity contribution in [2.75, 3.05) is 50.1 Å². The summed E-state index contributed by atoms with van der Waals surface area (Å²) in [6, 6.07) is 11.9. The molecule has 0 spiro atoms. The lowest BCUT2D eigenvalue weighted by atomic mass is 10.1. The Morgan fingerprint density at radius 1 is 1.13 bits per heavy atom. The first-order valence-electron chi connectivity index (χ1n) is 10.5. The number of benzene rings is 2. The standard InChI is InChI=1S/C24H29N3O3/c1-4-26-9-11-27(12-10-26)19-5-8-22(17(2)13-19)25-24(28)14-18-16-30-23-15-20(29-3)6-7-21(18)23/h5-8,13,15-16H,4,9-12,14H2,1-3H3,(H,25,28). The summed E-state index contributed by atoms with van der Waals surface area (Å²) in [5, 5.41) is 3.98. The number of hydrogen-bond donors (Lipinski definition) is 1. The van der Waals surface area contributed by atoms with Crippen LogP contribution >= 0.6 is 0 Å². The average molecular weight is 408 g/mol. The Balaban J connectivity index is 1.41. The summed E-state index contributed by atoms with van der Waals surface area (Å²) in [6.45, 7) is 9.63. The lowest BCUT2D eigenvalue weighted by Gasteiger charge is -2.35. The third-order valence-electron chi connectivity index (χ3n) is 5.88. The molecule has 0 atom stereocenters. The molecule has 0 bridgehead atoms. The first kappa shape index (κ1) is 20.3. The monoisotopic (exact) mass is 407 g/mol. The molecule has 158 valence electrons. The number of carbonyl (C=O) groups excluding carboxylic acids is 1. The number of aryl methyl sites for hydroxylation is 1. The van der Waals surface area contributed by atoms with Gasteiger partial charge in [0.1, 0.15) is 11.3 Å². The van der Waals surface area contributed by atoms with E-state index in [0.29, 0.717) is 0 Å². The fourth-order valence-electron chi connectivity index (χ4n) is 4.00. The average Bonchev–Trinajstić information content (AvgIpc) is 3.17. The molecule has 1 amide bonds. The summed E-state index contributed by atoms with van der Waals surface area (Å²) in [5.41, 5.74) is 4.73. The van der Waals surface area contributed by atoms with Gasteiger partial charge in [0, 0.05) is 54.6 Å². The van der Waals surface area contributed by atoms with Gasteiger partial charge in [-0.2, -0.15) is 0 Å². The van der Waals surface area contributed by atoms with E-state index in [-0.39, 0.29) is 12.3 Å². The summed E-state index contributed by atoms with van der Waals surface area (Å²) in [4.78, 5) is 17.5. The molecule has 6 nitrogen and oxygen atoms in total. The van der Waals surface area contributed by atoms with Crippen LogP contribution < -0.4 is 15.0 Å². The van der Waals surface area contributed by atoms with Gasteiger partial charge in [0.05, 0.1) is 19.8 Å². The van der Waals surface area contributed by atoms with Crippen molar-refractivity contribution in [1.29, 1.82) is 0 Å². The van der Waals surface area contributed by atoms with Crippen molar-refractivity contribution in [3.05, 3.63) is 53.8 Å². The molecular weight excluding hydrogens is 378 g/mol. The van der Waals surface area contributed by atoms with Crippen LogP contribution in [0.4, 0.5) is 11.4 Å². The fourth-order valence-corrected chi connectivity index (χ4v) is 4.00. The molecular formula is C24H29N3O3. The molecule has 0 unspecified atom stereocenters. The number of amides is 1. The zero-order valence-electron chi connectivity index (χ0n) is 17.9. The van der Waals surface area contributed by atoms with Gasteiger partial charge in [-0.15, -0.1) is 0 Å². The highest BCUT2D eigenvalue weighted by Gasteiger charge is 2.17. The van der Waals surface area contributed by atoms with Crippen molar-refractivity contribution in [3.63, 3.8) is 0 Å². The smallest absolute Gasteiger partial charge is 0.228 e.